The molecule has 0 aliphatic rings. The molecular formula is C10H12O2S. The van der Waals surface area contributed by atoms with Crippen LogP contribution in [0, 0.1) is 0 Å². The lowest BCUT2D eigenvalue weighted by Crippen LogP contribution is -1.96. The number of aldehydes is 1. The average molecular weight is 196 g/mol. The van der Waals surface area contributed by atoms with Crippen LogP contribution in [0.1, 0.15) is 18.4 Å². The predicted molar refractivity (Wildman–Crippen MR) is 54.7 cm³/mol. The van der Waals surface area contributed by atoms with Gasteiger partial charge in [0.25, 0.3) is 0 Å². The molecule has 0 amide bonds. The molecule has 1 rings (SSSR count). The third-order valence-electron chi connectivity index (χ3n) is 1.93. The lowest BCUT2D eigenvalue weighted by molar-refractivity contribution is -0.108. The molecule has 0 spiro atoms. The lowest BCUT2D eigenvalue weighted by Gasteiger charge is -2.09. The van der Waals surface area contributed by atoms with Gasteiger partial charge in [0.1, 0.15) is 12.0 Å². The van der Waals surface area contributed by atoms with E-state index in [1.165, 1.54) is 0 Å². The highest BCUT2D eigenvalue weighted by Gasteiger charge is 2.08. The van der Waals surface area contributed by atoms with Crippen molar-refractivity contribution >= 4 is 18.9 Å². The normalized spacial score (nSPS) is 12.2. The minimum atomic E-state index is -0.136. The molecule has 1 aromatic rings. The van der Waals surface area contributed by atoms with Gasteiger partial charge in [-0.1, -0.05) is 6.92 Å². The fraction of sp³-hybridized carbons (Fsp3) is 0.300. The van der Waals surface area contributed by atoms with Gasteiger partial charge in [0, 0.05) is 10.8 Å². The molecule has 2 nitrogen and oxygen atoms in total. The lowest BCUT2D eigenvalue weighted by atomic mass is 10.0. The van der Waals surface area contributed by atoms with Crippen LogP contribution in [0.25, 0.3) is 0 Å². The summed E-state index contributed by atoms with van der Waals surface area (Å²) in [7, 11) is 1.60. The van der Waals surface area contributed by atoms with Crippen molar-refractivity contribution in [2.45, 2.75) is 17.7 Å². The van der Waals surface area contributed by atoms with Crippen LogP contribution in [0.4, 0.5) is 0 Å². The number of methoxy groups -OCH3 is 1. The molecule has 70 valence electrons. The van der Waals surface area contributed by atoms with E-state index >= 15 is 0 Å². The first-order valence-electron chi connectivity index (χ1n) is 4.01. The van der Waals surface area contributed by atoms with Crippen molar-refractivity contribution in [3.05, 3.63) is 23.8 Å². The summed E-state index contributed by atoms with van der Waals surface area (Å²) in [5.41, 5.74) is 0.901. The Morgan fingerprint density at radius 2 is 2.23 bits per heavy atom. The van der Waals surface area contributed by atoms with Crippen LogP contribution in [0.5, 0.6) is 5.75 Å². The molecule has 1 atom stereocenters. The minimum Gasteiger partial charge on any atom is -0.497 e. The summed E-state index contributed by atoms with van der Waals surface area (Å²) in [5, 5.41) is 0. The van der Waals surface area contributed by atoms with E-state index in [2.05, 4.69) is 12.6 Å². The molecule has 0 N–H and O–H groups in total. The standard InChI is InChI=1S/C10H12O2S/c1-7(6-11)9-5-8(12-2)3-4-10(9)13/h3-7,13H,1-2H3. The van der Waals surface area contributed by atoms with Gasteiger partial charge in [-0.25, -0.2) is 0 Å². The molecular weight excluding hydrogens is 184 g/mol. The summed E-state index contributed by atoms with van der Waals surface area (Å²) in [6.07, 6.45) is 0.897. The zero-order chi connectivity index (χ0) is 9.84. The van der Waals surface area contributed by atoms with E-state index in [-0.39, 0.29) is 5.92 Å². The number of carbonyl (C=O) groups excluding carboxylic acids is 1. The van der Waals surface area contributed by atoms with E-state index in [9.17, 15) is 4.79 Å². The molecule has 0 radical (unpaired) electrons. The van der Waals surface area contributed by atoms with Gasteiger partial charge in [0.05, 0.1) is 7.11 Å². The number of carbonyl (C=O) groups is 1. The van der Waals surface area contributed by atoms with Gasteiger partial charge in [-0.15, -0.1) is 12.6 Å². The van der Waals surface area contributed by atoms with Crippen molar-refractivity contribution in [2.75, 3.05) is 7.11 Å². The summed E-state index contributed by atoms with van der Waals surface area (Å²) in [5.74, 6) is 0.615. The summed E-state index contributed by atoms with van der Waals surface area (Å²) < 4.78 is 5.05. The van der Waals surface area contributed by atoms with Gasteiger partial charge < -0.3 is 9.53 Å². The first kappa shape index (κ1) is 10.1. The number of benzene rings is 1. The molecule has 0 saturated heterocycles. The van der Waals surface area contributed by atoms with Crippen molar-refractivity contribution in [1.29, 1.82) is 0 Å². The summed E-state index contributed by atoms with van der Waals surface area (Å²) in [6, 6.07) is 5.49. The highest BCUT2D eigenvalue weighted by molar-refractivity contribution is 7.80. The Kier molecular flexibility index (Phi) is 3.37. The fourth-order valence-electron chi connectivity index (χ4n) is 1.10. The number of rotatable bonds is 3. The molecule has 0 saturated carbocycles. The maximum atomic E-state index is 10.6. The largest absolute Gasteiger partial charge is 0.497 e. The first-order valence-corrected chi connectivity index (χ1v) is 4.46. The van der Waals surface area contributed by atoms with E-state index in [0.717, 1.165) is 22.5 Å². The van der Waals surface area contributed by atoms with Gasteiger partial charge in [0.2, 0.25) is 0 Å². The molecule has 0 aliphatic heterocycles. The van der Waals surface area contributed by atoms with Crippen LogP contribution in [0.15, 0.2) is 23.1 Å². The maximum Gasteiger partial charge on any atom is 0.127 e. The van der Waals surface area contributed by atoms with Gasteiger partial charge in [-0.2, -0.15) is 0 Å². The molecule has 13 heavy (non-hydrogen) atoms. The van der Waals surface area contributed by atoms with Crippen molar-refractivity contribution in [3.63, 3.8) is 0 Å². The van der Waals surface area contributed by atoms with Gasteiger partial charge >= 0.3 is 0 Å². The van der Waals surface area contributed by atoms with Crippen molar-refractivity contribution in [2.24, 2.45) is 0 Å². The Balaban J connectivity index is 3.10. The highest BCUT2D eigenvalue weighted by atomic mass is 32.1. The third-order valence-corrected chi connectivity index (χ3v) is 2.34. The SMILES string of the molecule is COc1ccc(S)c(C(C)C=O)c1. The van der Waals surface area contributed by atoms with Crippen LogP contribution in [-0.2, 0) is 4.79 Å². The Bertz CT molecular complexity index is 310. The van der Waals surface area contributed by atoms with Gasteiger partial charge in [-0.05, 0) is 23.8 Å². The number of hydrogen-bond acceptors (Lipinski definition) is 3. The second kappa shape index (κ2) is 4.33. The van der Waals surface area contributed by atoms with E-state index in [4.69, 9.17) is 4.74 Å². The maximum absolute atomic E-state index is 10.6. The van der Waals surface area contributed by atoms with Crippen molar-refractivity contribution in [3.8, 4) is 5.75 Å². The molecule has 1 unspecified atom stereocenters. The Morgan fingerprint density at radius 1 is 1.54 bits per heavy atom. The number of hydrogen-bond donors (Lipinski definition) is 1. The summed E-state index contributed by atoms with van der Waals surface area (Å²) >= 11 is 4.26. The average Bonchev–Trinajstić information content (AvgIpc) is 2.17. The van der Waals surface area contributed by atoms with Crippen LogP contribution < -0.4 is 4.74 Å². The molecule has 0 heterocycles. The molecule has 1 aromatic carbocycles. The monoisotopic (exact) mass is 196 g/mol. The second-order valence-electron chi connectivity index (χ2n) is 2.85. The van der Waals surface area contributed by atoms with E-state index in [1.54, 1.807) is 7.11 Å². The zero-order valence-corrected chi connectivity index (χ0v) is 8.54. The van der Waals surface area contributed by atoms with E-state index < -0.39 is 0 Å². The third kappa shape index (κ3) is 2.25. The zero-order valence-electron chi connectivity index (χ0n) is 7.65. The van der Waals surface area contributed by atoms with E-state index in [1.807, 2.05) is 25.1 Å². The fourth-order valence-corrected chi connectivity index (χ4v) is 1.44. The number of ether oxygens (including phenoxy) is 1. The summed E-state index contributed by atoms with van der Waals surface area (Å²) in [6.45, 7) is 1.83. The minimum absolute atomic E-state index is 0.136. The summed E-state index contributed by atoms with van der Waals surface area (Å²) in [4.78, 5) is 11.4. The molecule has 0 aromatic heterocycles. The number of thiol groups is 1. The topological polar surface area (TPSA) is 26.3 Å². The first-order chi connectivity index (χ1) is 6.19. The second-order valence-corrected chi connectivity index (χ2v) is 3.33. The molecule has 0 fully saturated rings. The Morgan fingerprint density at radius 3 is 2.77 bits per heavy atom. The van der Waals surface area contributed by atoms with Crippen molar-refractivity contribution < 1.29 is 9.53 Å². The van der Waals surface area contributed by atoms with Crippen LogP contribution in [0.3, 0.4) is 0 Å². The van der Waals surface area contributed by atoms with Gasteiger partial charge in [-0.3, -0.25) is 0 Å². The molecule has 0 aliphatic carbocycles. The smallest absolute Gasteiger partial charge is 0.127 e. The van der Waals surface area contributed by atoms with Crippen LogP contribution in [0.2, 0.25) is 0 Å². The Labute approximate surface area is 83.3 Å². The van der Waals surface area contributed by atoms with Crippen LogP contribution >= 0.6 is 12.6 Å². The van der Waals surface area contributed by atoms with Gasteiger partial charge in [0.15, 0.2) is 0 Å². The predicted octanol–water partition coefficient (Wildman–Crippen LogP) is 2.29. The van der Waals surface area contributed by atoms with Crippen molar-refractivity contribution in [1.82, 2.24) is 0 Å². The molecule has 3 heteroatoms. The van der Waals surface area contributed by atoms with Crippen LogP contribution in [-0.4, -0.2) is 13.4 Å². The Hall–Kier alpha value is -0.960. The van der Waals surface area contributed by atoms with E-state index in [0.29, 0.717) is 0 Å². The molecule has 0 bridgehead atoms. The highest BCUT2D eigenvalue weighted by Crippen LogP contribution is 2.25. The quantitative estimate of drug-likeness (QED) is 0.593.